The number of Topliss-reactive ketones (excluding diaryl/α,β-unsaturated/α-hetero) is 1. The topological polar surface area (TPSA) is 49.7 Å². The molecule has 0 saturated heterocycles. The Morgan fingerprint density at radius 1 is 1.04 bits per heavy atom. The summed E-state index contributed by atoms with van der Waals surface area (Å²) in [5.41, 5.74) is 4.94. The molecule has 0 atom stereocenters. The van der Waals surface area contributed by atoms with Crippen LogP contribution < -0.4 is 0 Å². The van der Waals surface area contributed by atoms with Crippen molar-refractivity contribution in [2.24, 2.45) is 10.4 Å². The van der Waals surface area contributed by atoms with E-state index >= 15 is 0 Å². The monoisotopic (exact) mass is 373 g/mol. The van der Waals surface area contributed by atoms with E-state index in [1.807, 2.05) is 61.5 Å². The standard InChI is InChI=1S/C25H27NO2/c1-17-10-12-20(14-18(17)2)26-21-15-25(3,4)16-23(28)24(21)22(27)13-11-19-8-6-5-7-9-19/h5-14,27H,15-16H2,1-4H3/b13-11+,24-22+,26-21?. The Hall–Kier alpha value is -2.94. The van der Waals surface area contributed by atoms with E-state index < -0.39 is 0 Å². The van der Waals surface area contributed by atoms with Gasteiger partial charge in [0.15, 0.2) is 5.78 Å². The summed E-state index contributed by atoms with van der Waals surface area (Å²) in [7, 11) is 0. The van der Waals surface area contributed by atoms with Crippen molar-refractivity contribution in [2.45, 2.75) is 40.5 Å². The number of nitrogens with zero attached hydrogens (tertiary/aromatic N) is 1. The van der Waals surface area contributed by atoms with Crippen LogP contribution in [0.1, 0.15) is 43.4 Å². The van der Waals surface area contributed by atoms with Gasteiger partial charge in [-0.15, -0.1) is 0 Å². The van der Waals surface area contributed by atoms with E-state index in [0.717, 1.165) is 16.8 Å². The molecule has 1 fully saturated rings. The van der Waals surface area contributed by atoms with Crippen molar-refractivity contribution in [1.29, 1.82) is 0 Å². The van der Waals surface area contributed by atoms with Crippen molar-refractivity contribution in [3.63, 3.8) is 0 Å². The molecule has 0 radical (unpaired) electrons. The number of benzene rings is 2. The van der Waals surface area contributed by atoms with Crippen LogP contribution in [-0.2, 0) is 4.79 Å². The summed E-state index contributed by atoms with van der Waals surface area (Å²) < 4.78 is 0. The van der Waals surface area contributed by atoms with Crippen LogP contribution in [0, 0.1) is 19.3 Å². The lowest BCUT2D eigenvalue weighted by atomic mass is 9.73. The maximum Gasteiger partial charge on any atom is 0.168 e. The number of carbonyl (C=O) groups excluding carboxylic acids is 1. The molecule has 1 aliphatic carbocycles. The van der Waals surface area contributed by atoms with Crippen LogP contribution in [-0.4, -0.2) is 16.6 Å². The number of allylic oxidation sites excluding steroid dienone is 2. The third kappa shape index (κ3) is 4.66. The number of aryl methyl sites for hydroxylation is 2. The van der Waals surface area contributed by atoms with Crippen LogP contribution in [0.4, 0.5) is 5.69 Å². The highest BCUT2D eigenvalue weighted by atomic mass is 16.3. The smallest absolute Gasteiger partial charge is 0.168 e. The molecule has 1 aliphatic rings. The van der Waals surface area contributed by atoms with Crippen LogP contribution >= 0.6 is 0 Å². The minimum atomic E-state index is -0.178. The quantitative estimate of drug-likeness (QED) is 0.508. The van der Waals surface area contributed by atoms with E-state index in [1.54, 1.807) is 6.08 Å². The van der Waals surface area contributed by atoms with E-state index in [0.29, 0.717) is 24.1 Å². The van der Waals surface area contributed by atoms with Crippen molar-refractivity contribution >= 4 is 23.3 Å². The number of aliphatic hydroxyl groups excluding tert-OH is 1. The fourth-order valence-electron chi connectivity index (χ4n) is 3.45. The summed E-state index contributed by atoms with van der Waals surface area (Å²) in [6.07, 6.45) is 4.45. The number of carbonyl (C=O) groups is 1. The van der Waals surface area contributed by atoms with E-state index in [9.17, 15) is 9.90 Å². The fraction of sp³-hybridized carbons (Fsp3) is 0.280. The molecule has 144 valence electrons. The molecule has 1 saturated carbocycles. The number of rotatable bonds is 3. The lowest BCUT2D eigenvalue weighted by Crippen LogP contribution is -2.32. The molecule has 0 aliphatic heterocycles. The summed E-state index contributed by atoms with van der Waals surface area (Å²) in [4.78, 5) is 17.6. The fourth-order valence-corrected chi connectivity index (χ4v) is 3.45. The molecule has 2 aromatic carbocycles. The molecule has 0 bridgehead atoms. The van der Waals surface area contributed by atoms with Gasteiger partial charge in [0.2, 0.25) is 0 Å². The normalized spacial score (nSPS) is 20.0. The summed E-state index contributed by atoms with van der Waals surface area (Å²) in [5.74, 6) is -0.0824. The lowest BCUT2D eigenvalue weighted by Gasteiger charge is -2.31. The van der Waals surface area contributed by atoms with Gasteiger partial charge in [-0.3, -0.25) is 9.79 Å². The van der Waals surface area contributed by atoms with Gasteiger partial charge in [-0.05, 0) is 60.6 Å². The molecule has 0 spiro atoms. The first-order chi connectivity index (χ1) is 13.2. The molecule has 0 heterocycles. The molecule has 1 N–H and O–H groups in total. The molecule has 3 nitrogen and oxygen atoms in total. The van der Waals surface area contributed by atoms with Crippen molar-refractivity contribution < 1.29 is 9.90 Å². The molecular weight excluding hydrogens is 346 g/mol. The summed E-state index contributed by atoms with van der Waals surface area (Å²) >= 11 is 0. The second-order valence-corrected chi connectivity index (χ2v) is 8.27. The number of hydrogen-bond acceptors (Lipinski definition) is 3. The maximum atomic E-state index is 12.9. The van der Waals surface area contributed by atoms with E-state index in [4.69, 9.17) is 4.99 Å². The SMILES string of the molecule is Cc1ccc(N=C2CC(C)(C)CC(=O)/C2=C(O)\C=C\c2ccccc2)cc1C. The zero-order valence-electron chi connectivity index (χ0n) is 17.0. The predicted molar refractivity (Wildman–Crippen MR) is 116 cm³/mol. The number of aliphatic imine (C=N–C) groups is 1. The van der Waals surface area contributed by atoms with Crippen molar-refractivity contribution in [2.75, 3.05) is 0 Å². The molecular formula is C25H27NO2. The molecule has 0 aromatic heterocycles. The predicted octanol–water partition coefficient (Wildman–Crippen LogP) is 6.29. The third-order valence-corrected chi connectivity index (χ3v) is 5.10. The van der Waals surface area contributed by atoms with Crippen LogP contribution in [0.2, 0.25) is 0 Å². The third-order valence-electron chi connectivity index (χ3n) is 5.10. The zero-order chi connectivity index (χ0) is 20.3. The summed E-state index contributed by atoms with van der Waals surface area (Å²) in [6.45, 7) is 8.24. The average Bonchev–Trinajstić information content (AvgIpc) is 2.62. The molecule has 2 aromatic rings. The summed E-state index contributed by atoms with van der Waals surface area (Å²) in [5, 5.41) is 10.7. The van der Waals surface area contributed by atoms with Gasteiger partial charge in [0, 0.05) is 6.42 Å². The summed E-state index contributed by atoms with van der Waals surface area (Å²) in [6, 6.07) is 15.7. The largest absolute Gasteiger partial charge is 0.507 e. The van der Waals surface area contributed by atoms with Gasteiger partial charge in [0.1, 0.15) is 5.76 Å². The Balaban J connectivity index is 2.04. The van der Waals surface area contributed by atoms with Gasteiger partial charge < -0.3 is 5.11 Å². The second kappa shape index (κ2) is 7.97. The van der Waals surface area contributed by atoms with Gasteiger partial charge in [0.25, 0.3) is 0 Å². The molecule has 3 heteroatoms. The number of hydrogen-bond donors (Lipinski definition) is 1. The first kappa shape index (κ1) is 19.8. The zero-order valence-corrected chi connectivity index (χ0v) is 17.0. The minimum Gasteiger partial charge on any atom is -0.507 e. The van der Waals surface area contributed by atoms with Crippen molar-refractivity contribution in [3.8, 4) is 0 Å². The Kier molecular flexibility index (Phi) is 5.64. The molecule has 3 rings (SSSR count). The van der Waals surface area contributed by atoms with Gasteiger partial charge in [-0.2, -0.15) is 0 Å². The first-order valence-corrected chi connectivity index (χ1v) is 9.60. The van der Waals surface area contributed by atoms with Crippen LogP contribution in [0.3, 0.4) is 0 Å². The Bertz CT molecular complexity index is 979. The van der Waals surface area contributed by atoms with Crippen molar-refractivity contribution in [3.05, 3.63) is 82.6 Å². The van der Waals surface area contributed by atoms with Gasteiger partial charge >= 0.3 is 0 Å². The van der Waals surface area contributed by atoms with Gasteiger partial charge in [-0.1, -0.05) is 56.3 Å². The first-order valence-electron chi connectivity index (χ1n) is 9.60. The Morgan fingerprint density at radius 2 is 1.75 bits per heavy atom. The molecule has 0 amide bonds. The van der Waals surface area contributed by atoms with E-state index in [-0.39, 0.29) is 17.0 Å². The second-order valence-electron chi connectivity index (χ2n) is 8.27. The number of ketones is 1. The highest BCUT2D eigenvalue weighted by Crippen LogP contribution is 2.36. The Morgan fingerprint density at radius 3 is 2.43 bits per heavy atom. The molecule has 28 heavy (non-hydrogen) atoms. The van der Waals surface area contributed by atoms with E-state index in [1.165, 1.54) is 5.56 Å². The van der Waals surface area contributed by atoms with E-state index in [2.05, 4.69) is 20.8 Å². The maximum absolute atomic E-state index is 12.9. The molecule has 0 unspecified atom stereocenters. The average molecular weight is 373 g/mol. The lowest BCUT2D eigenvalue weighted by molar-refractivity contribution is -0.117. The highest BCUT2D eigenvalue weighted by Gasteiger charge is 2.36. The van der Waals surface area contributed by atoms with Crippen LogP contribution in [0.5, 0.6) is 0 Å². The number of aliphatic hydroxyl groups is 1. The minimum absolute atomic E-state index is 0.0214. The van der Waals surface area contributed by atoms with Crippen LogP contribution in [0.15, 0.2) is 70.9 Å². The van der Waals surface area contributed by atoms with Gasteiger partial charge in [0.05, 0.1) is 17.0 Å². The van der Waals surface area contributed by atoms with Gasteiger partial charge in [-0.25, -0.2) is 0 Å². The van der Waals surface area contributed by atoms with Crippen LogP contribution in [0.25, 0.3) is 6.08 Å². The Labute approximate surface area is 167 Å². The van der Waals surface area contributed by atoms with Crippen molar-refractivity contribution in [1.82, 2.24) is 0 Å². The highest BCUT2D eigenvalue weighted by molar-refractivity contribution is 6.25.